The van der Waals surface area contributed by atoms with Crippen molar-refractivity contribution in [3.05, 3.63) is 400 Å². The average Bonchev–Trinajstić information content (AvgIpc) is 1.55. The topological polar surface area (TPSA) is 157 Å². The summed E-state index contributed by atoms with van der Waals surface area (Å²) >= 11 is 1.86. The lowest BCUT2D eigenvalue weighted by Gasteiger charge is -2.12. The lowest BCUT2D eigenvalue weighted by atomic mass is 10.1. The van der Waals surface area contributed by atoms with Gasteiger partial charge in [-0.25, -0.2) is 44.9 Å². The van der Waals surface area contributed by atoms with Gasteiger partial charge in [-0.15, -0.1) is 11.3 Å². The Bertz CT molecular complexity index is 8680. The Morgan fingerprint density at radius 2 is 0.476 bits per heavy atom. The highest BCUT2D eigenvalue weighted by Crippen LogP contribution is 2.48. The predicted octanol–water partition coefficient (Wildman–Crippen LogP) is 28.4. The van der Waals surface area contributed by atoms with Crippen LogP contribution in [0.1, 0.15) is 0 Å². The van der Waals surface area contributed by atoms with E-state index in [-0.39, 0.29) is 0 Å². The molecule has 26 rings (SSSR count). The third-order valence-corrected chi connectivity index (χ3v) is 25.2. The summed E-state index contributed by atoms with van der Waals surface area (Å²) in [6.07, 6.45) is 0. The lowest BCUT2D eigenvalue weighted by molar-refractivity contribution is 0.669. The van der Waals surface area contributed by atoms with Gasteiger partial charge in [0, 0.05) is 130 Å². The minimum atomic E-state index is 0.546. The number of rotatable bonds is 12. The number of para-hydroxylation sites is 5. The van der Waals surface area contributed by atoms with Crippen LogP contribution in [0.5, 0.6) is 0 Å². The van der Waals surface area contributed by atoms with Crippen LogP contribution in [-0.4, -0.2) is 58.6 Å². The van der Waals surface area contributed by atoms with Gasteiger partial charge >= 0.3 is 0 Å². The maximum Gasteiger partial charge on any atom is 0.167 e. The van der Waals surface area contributed by atoms with Gasteiger partial charge in [0.25, 0.3) is 0 Å². The van der Waals surface area contributed by atoms with Crippen molar-refractivity contribution < 1.29 is 8.83 Å². The molecule has 0 saturated heterocycles. The molecule has 0 fully saturated rings. The van der Waals surface area contributed by atoms with Crippen molar-refractivity contribution in [3.8, 4) is 120 Å². The maximum absolute atomic E-state index is 6.79. The molecular weight excluding hydrogens is 1570 g/mol. The molecule has 126 heavy (non-hydrogen) atoms. The van der Waals surface area contributed by atoms with Gasteiger partial charge in [0.15, 0.2) is 52.4 Å². The standard InChI is InChI=1S/C66H40N8O.C45H26N4OS/c1-5-19-41(20-6-1)61-67-62(42-21-7-2-8-22-42)70-65(69-61)45-27-17-28-46(39-45)73-53-33-15-13-29-49(53)58-55(73)36-37-56-59(58)50-30-14-16-34-54(50)74(56)47-35-38-57-52(40-47)48-31-18-32-51(60(48)75-57)66-71-63(43-23-9-3-10-24-43)68-64(72-66)44-25-11-4-12-26-44;1-3-12-27(13-4-1)43-46-44(28-14-5-2-6-15-28)48-45(47-43)33-19-11-18-30-34-26-29(22-24-37(34)50-42(30)33)49-35-20-9-7-16-31(35)40-36(49)23-25-39-41(40)32-17-8-10-21-38(32)51-39/h1-40H;1-26H. The zero-order chi connectivity index (χ0) is 82.9. The van der Waals surface area contributed by atoms with E-state index in [1.807, 2.05) is 205 Å². The number of fused-ring (bicyclic) bond motifs is 20. The molecule has 588 valence electrons. The monoisotopic (exact) mass is 1630 g/mol. The highest BCUT2D eigenvalue weighted by Gasteiger charge is 2.27. The van der Waals surface area contributed by atoms with Crippen molar-refractivity contribution in [1.82, 2.24) is 58.6 Å². The Hall–Kier alpha value is -17.0. The zero-order valence-corrected chi connectivity index (χ0v) is 68.0. The Morgan fingerprint density at radius 3 is 0.865 bits per heavy atom. The minimum absolute atomic E-state index is 0.546. The minimum Gasteiger partial charge on any atom is -0.455 e. The molecule has 0 unspecified atom stereocenters. The lowest BCUT2D eigenvalue weighted by Crippen LogP contribution is -2.01. The van der Waals surface area contributed by atoms with Crippen LogP contribution in [0.15, 0.2) is 409 Å². The molecule has 0 aliphatic heterocycles. The van der Waals surface area contributed by atoms with E-state index in [0.717, 1.165) is 138 Å². The van der Waals surface area contributed by atoms with Crippen LogP contribution < -0.4 is 0 Å². The van der Waals surface area contributed by atoms with Gasteiger partial charge < -0.3 is 22.5 Å². The van der Waals surface area contributed by atoms with E-state index >= 15 is 0 Å². The van der Waals surface area contributed by atoms with Gasteiger partial charge in [-0.3, -0.25) is 0 Å². The van der Waals surface area contributed by atoms with Crippen molar-refractivity contribution in [2.45, 2.75) is 0 Å². The summed E-state index contributed by atoms with van der Waals surface area (Å²) in [5, 5.41) is 13.9. The molecule has 9 heterocycles. The van der Waals surface area contributed by atoms with Crippen LogP contribution >= 0.6 is 11.3 Å². The molecule has 0 aliphatic rings. The fourth-order valence-electron chi connectivity index (χ4n) is 18.4. The van der Waals surface area contributed by atoms with E-state index in [4.69, 9.17) is 53.7 Å². The zero-order valence-electron chi connectivity index (χ0n) is 67.2. The van der Waals surface area contributed by atoms with Crippen molar-refractivity contribution in [3.63, 3.8) is 0 Å². The molecule has 9 aromatic heterocycles. The Morgan fingerprint density at radius 1 is 0.183 bits per heavy atom. The maximum atomic E-state index is 6.79. The quantitative estimate of drug-likeness (QED) is 0.115. The van der Waals surface area contributed by atoms with Crippen LogP contribution in [0, 0.1) is 0 Å². The van der Waals surface area contributed by atoms with Crippen molar-refractivity contribution >= 4 is 141 Å². The number of hydrogen-bond donors (Lipinski definition) is 0. The predicted molar refractivity (Wildman–Crippen MR) is 512 cm³/mol. The van der Waals surface area contributed by atoms with E-state index in [2.05, 4.69) is 220 Å². The van der Waals surface area contributed by atoms with Gasteiger partial charge in [-0.05, 0) is 109 Å². The molecule has 0 bridgehead atoms. The summed E-state index contributed by atoms with van der Waals surface area (Å²) in [5.41, 5.74) is 21.0. The van der Waals surface area contributed by atoms with Crippen LogP contribution in [0.2, 0.25) is 0 Å². The van der Waals surface area contributed by atoms with Gasteiger partial charge in [0.05, 0.1) is 44.2 Å². The van der Waals surface area contributed by atoms with E-state index in [0.29, 0.717) is 52.4 Å². The van der Waals surface area contributed by atoms with E-state index in [1.165, 1.54) is 58.1 Å². The third-order valence-electron chi connectivity index (χ3n) is 24.1. The van der Waals surface area contributed by atoms with Crippen molar-refractivity contribution in [2.75, 3.05) is 0 Å². The summed E-state index contributed by atoms with van der Waals surface area (Å²) < 4.78 is 23.2. The second-order valence-corrected chi connectivity index (χ2v) is 32.5. The fourth-order valence-corrected chi connectivity index (χ4v) is 19.5. The largest absolute Gasteiger partial charge is 0.455 e. The van der Waals surface area contributed by atoms with Crippen LogP contribution in [0.25, 0.3) is 249 Å². The summed E-state index contributed by atoms with van der Waals surface area (Å²) in [6, 6.07) is 138. The molecule has 14 nitrogen and oxygen atoms in total. The van der Waals surface area contributed by atoms with E-state index in [9.17, 15) is 0 Å². The molecule has 0 aliphatic carbocycles. The van der Waals surface area contributed by atoms with Gasteiger partial charge in [-0.2, -0.15) is 0 Å². The normalized spacial score (nSPS) is 11.8. The molecule has 0 N–H and O–H groups in total. The first kappa shape index (κ1) is 71.9. The summed E-state index contributed by atoms with van der Waals surface area (Å²) in [7, 11) is 0. The Kier molecular flexibility index (Phi) is 16.8. The summed E-state index contributed by atoms with van der Waals surface area (Å²) in [5.74, 6) is 5.41. The number of hydrogen-bond acceptors (Lipinski definition) is 12. The molecule has 0 radical (unpaired) electrons. The fraction of sp³-hybridized carbons (Fsp3) is 0. The summed E-state index contributed by atoms with van der Waals surface area (Å²) in [4.78, 5) is 45.1. The van der Waals surface area contributed by atoms with Crippen LogP contribution in [-0.2, 0) is 0 Å². The molecule has 0 saturated carbocycles. The first-order valence-electron chi connectivity index (χ1n) is 41.9. The van der Waals surface area contributed by atoms with Gasteiger partial charge in [0.2, 0.25) is 0 Å². The molecule has 17 aromatic carbocycles. The highest BCUT2D eigenvalue weighted by molar-refractivity contribution is 7.26. The SMILES string of the molecule is c1ccc(-c2nc(-c3ccccc3)nc(-c3cccc(-n4c5ccccc5c5c6c7ccccc7n(-c7ccc8oc9c(-c%10nc(-c%11ccccc%11)nc(-c%11ccccc%11)n%10)cccc9c8c7)c6ccc54)c3)n2)cc1.c1ccc(-c2nc(-c3ccccc3)nc(-c3cccc4c3oc3ccc(-n5c6ccccc6c6c7c(ccc65)sc5ccccc57)cc34)n2)cc1. The molecule has 0 atom stereocenters. The van der Waals surface area contributed by atoms with Crippen molar-refractivity contribution in [1.29, 1.82) is 0 Å². The number of benzene rings is 17. The number of aromatic nitrogens is 12. The van der Waals surface area contributed by atoms with Gasteiger partial charge in [-0.1, -0.05) is 291 Å². The Balaban J connectivity index is 0.000000148. The first-order valence-corrected chi connectivity index (χ1v) is 42.7. The first-order chi connectivity index (χ1) is 62.5. The number of thiophene rings is 1. The second-order valence-electron chi connectivity index (χ2n) is 31.4. The second kappa shape index (κ2) is 29.4. The van der Waals surface area contributed by atoms with Gasteiger partial charge in [0.1, 0.15) is 22.3 Å². The third kappa shape index (κ3) is 12.0. The van der Waals surface area contributed by atoms with E-state index < -0.39 is 0 Å². The molecule has 26 aromatic rings. The molecule has 15 heteroatoms. The smallest absolute Gasteiger partial charge is 0.167 e. The van der Waals surface area contributed by atoms with Crippen LogP contribution in [0.3, 0.4) is 0 Å². The summed E-state index contributed by atoms with van der Waals surface area (Å²) in [6.45, 7) is 0. The molecule has 0 amide bonds. The highest BCUT2D eigenvalue weighted by atomic mass is 32.1. The average molecular weight is 1630 g/mol. The van der Waals surface area contributed by atoms with E-state index in [1.54, 1.807) is 0 Å². The molecular formula is C111H66N12O2S. The van der Waals surface area contributed by atoms with Crippen LogP contribution in [0.4, 0.5) is 0 Å². The Labute approximate surface area is 723 Å². The molecule has 0 spiro atoms. The van der Waals surface area contributed by atoms with Crippen molar-refractivity contribution in [2.24, 2.45) is 0 Å². The number of nitrogens with zero attached hydrogens (tertiary/aromatic N) is 12. The number of furan rings is 2.